The molecule has 1 amide bonds. The lowest BCUT2D eigenvalue weighted by Gasteiger charge is -2.40. The average Bonchev–Trinajstić information content (AvgIpc) is 3.62. The maximum absolute atomic E-state index is 14.5. The van der Waals surface area contributed by atoms with Crippen LogP contribution in [-0.4, -0.2) is 130 Å². The second-order valence-corrected chi connectivity index (χ2v) is 14.2. The lowest BCUT2D eigenvalue weighted by molar-refractivity contribution is -0.723. The van der Waals surface area contributed by atoms with Crippen molar-refractivity contribution in [3.8, 4) is 11.5 Å². The molecular weight excluding hydrogens is 746 g/mol. The minimum Gasteiger partial charge on any atom is -0.486 e. The molecule has 5 aliphatic rings. The summed E-state index contributed by atoms with van der Waals surface area (Å²) in [5.41, 5.74) is 1.49. The van der Waals surface area contributed by atoms with Crippen LogP contribution >= 0.6 is 0 Å². The smallest absolute Gasteiger partial charge is 0.284 e. The summed E-state index contributed by atoms with van der Waals surface area (Å²) >= 11 is 0. The zero-order valence-electron chi connectivity index (χ0n) is 30.1. The standard InChI is InChI=1S/C39H37N5O13/c40-39-42-36-28(37(53)43-39)41-16-44(36)25-4-2-1-3-20(25)19-8-10-54-15-26-31(50)32(51)33(52)38(56-26)57-34-23(19)12-24-27(35(34)55-14-18(47)7-9-45)30(49)22-11-17(13-46)5-6-21(22)29(24)48/h1-6,9,11-12,18-19,26,31-33,38,46-47,50-52H,7-8,10,13-16H2,(H2,40,43,53)/p+1. The minimum absolute atomic E-state index is 0.00435. The zero-order valence-corrected chi connectivity index (χ0v) is 30.1. The third-order valence-corrected chi connectivity index (χ3v) is 10.6. The molecule has 8 atom stereocenters. The Labute approximate surface area is 323 Å². The fourth-order valence-corrected chi connectivity index (χ4v) is 7.79. The van der Waals surface area contributed by atoms with Crippen LogP contribution in [0, 0.1) is 5.41 Å². The van der Waals surface area contributed by atoms with E-state index in [1.807, 2.05) is 0 Å². The number of nitrogens with zero attached hydrogens (tertiary/aromatic N) is 2. The summed E-state index contributed by atoms with van der Waals surface area (Å²) in [4.78, 5) is 62.3. The van der Waals surface area contributed by atoms with Crippen molar-refractivity contribution in [2.75, 3.05) is 26.5 Å². The molecule has 3 aromatic rings. The molecule has 8 unspecified atom stereocenters. The minimum atomic E-state index is -1.85. The van der Waals surface area contributed by atoms with Crippen LogP contribution in [0.3, 0.4) is 0 Å². The highest BCUT2D eigenvalue weighted by Crippen LogP contribution is 2.49. The van der Waals surface area contributed by atoms with E-state index in [0.29, 0.717) is 28.0 Å². The molecule has 0 radical (unpaired) electrons. The van der Waals surface area contributed by atoms with E-state index in [4.69, 9.17) is 24.4 Å². The van der Waals surface area contributed by atoms with Gasteiger partial charge in [-0.3, -0.25) is 25.1 Å². The number of hydrogen-bond acceptors (Lipinski definition) is 15. The van der Waals surface area contributed by atoms with Crippen molar-refractivity contribution in [3.05, 3.63) is 87.5 Å². The Morgan fingerprint density at radius 2 is 1.81 bits per heavy atom. The van der Waals surface area contributed by atoms with Gasteiger partial charge < -0.3 is 49.3 Å². The molecule has 18 nitrogen and oxygen atoms in total. The molecule has 3 aromatic carbocycles. The molecule has 296 valence electrons. The van der Waals surface area contributed by atoms with E-state index in [1.54, 1.807) is 24.3 Å². The fraction of sp³-hybridized carbons (Fsp3) is 0.359. The van der Waals surface area contributed by atoms with Gasteiger partial charge in [0, 0.05) is 46.8 Å². The Morgan fingerprint density at radius 3 is 2.60 bits per heavy atom. The Hall–Kier alpha value is -5.57. The predicted octanol–water partition coefficient (Wildman–Crippen LogP) is -1.59. The van der Waals surface area contributed by atoms with Crippen LogP contribution in [0.5, 0.6) is 11.5 Å². The summed E-state index contributed by atoms with van der Waals surface area (Å²) in [6, 6.07) is 12.9. The number of para-hydroxylation sites is 1. The highest BCUT2D eigenvalue weighted by Gasteiger charge is 2.48. The fourth-order valence-electron chi connectivity index (χ4n) is 7.79. The first-order valence-electron chi connectivity index (χ1n) is 18.2. The molecule has 4 heterocycles. The Kier molecular flexibility index (Phi) is 10.4. The number of carbonyl (C=O) groups is 4. The molecule has 2 bridgehead atoms. The van der Waals surface area contributed by atoms with Gasteiger partial charge in [-0.05, 0) is 36.2 Å². The molecule has 4 aliphatic heterocycles. The number of aliphatic hydroxyl groups excluding tert-OH is 5. The Bertz CT molecular complexity index is 2260. The summed E-state index contributed by atoms with van der Waals surface area (Å²) < 4.78 is 24.6. The van der Waals surface area contributed by atoms with Gasteiger partial charge in [-0.2, -0.15) is 4.99 Å². The van der Waals surface area contributed by atoms with E-state index >= 15 is 0 Å². The SMILES string of the molecule is N=C1N=C2C(=NC[NH+]2c2ccccc2C2CCOCC3OC(Oc4c2cc2c(c4OCC(O)CC=O)C(=O)c4cc(CO)ccc4C2=O)C(O)C(O)C3O)C(=O)N1. The first-order valence-corrected chi connectivity index (χ1v) is 18.2. The molecule has 1 saturated heterocycles. The molecule has 0 saturated carbocycles. The topological polar surface area (TPSA) is 271 Å². The number of fused-ring (bicyclic) bond motifs is 6. The number of carbonyl (C=O) groups excluding carboxylic acids is 4. The number of benzene rings is 3. The van der Waals surface area contributed by atoms with E-state index < -0.39 is 73.4 Å². The van der Waals surface area contributed by atoms with Crippen LogP contribution in [0.4, 0.5) is 5.69 Å². The number of aliphatic imine (C=N–C) groups is 2. The number of aliphatic hydroxyl groups is 5. The van der Waals surface area contributed by atoms with Crippen molar-refractivity contribution in [2.45, 2.75) is 62.2 Å². The predicted molar refractivity (Wildman–Crippen MR) is 195 cm³/mol. The number of amidine groups is 1. The number of aldehydes is 1. The van der Waals surface area contributed by atoms with Crippen molar-refractivity contribution < 1.29 is 68.6 Å². The largest absolute Gasteiger partial charge is 0.486 e. The highest BCUT2D eigenvalue weighted by atomic mass is 16.7. The van der Waals surface area contributed by atoms with Crippen LogP contribution in [0.2, 0.25) is 0 Å². The quantitative estimate of drug-likeness (QED) is 0.0939. The van der Waals surface area contributed by atoms with Gasteiger partial charge in [-0.1, -0.05) is 24.3 Å². The van der Waals surface area contributed by atoms with Crippen LogP contribution in [-0.2, 0) is 25.7 Å². The van der Waals surface area contributed by atoms with Crippen molar-refractivity contribution in [1.82, 2.24) is 5.32 Å². The van der Waals surface area contributed by atoms with Gasteiger partial charge in [0.2, 0.25) is 18.0 Å². The first kappa shape index (κ1) is 38.3. The first-order chi connectivity index (χ1) is 27.5. The summed E-state index contributed by atoms with van der Waals surface area (Å²) in [6.45, 7) is -1.15. The maximum atomic E-state index is 14.5. The number of quaternary nitrogens is 1. The second kappa shape index (κ2) is 15.4. The summed E-state index contributed by atoms with van der Waals surface area (Å²) in [6.07, 6.45) is -9.12. The van der Waals surface area contributed by atoms with Crippen LogP contribution < -0.4 is 19.7 Å². The van der Waals surface area contributed by atoms with Gasteiger partial charge in [-0.25, -0.2) is 9.89 Å². The number of nitrogens with one attached hydrogen (secondary N) is 3. The molecule has 8 rings (SSSR count). The van der Waals surface area contributed by atoms with E-state index in [-0.39, 0.29) is 89.5 Å². The highest BCUT2D eigenvalue weighted by molar-refractivity contribution is 6.68. The van der Waals surface area contributed by atoms with Gasteiger partial charge in [0.15, 0.2) is 29.7 Å². The maximum Gasteiger partial charge on any atom is 0.284 e. The molecule has 0 spiro atoms. The third-order valence-electron chi connectivity index (χ3n) is 10.6. The molecule has 57 heavy (non-hydrogen) atoms. The zero-order chi connectivity index (χ0) is 40.1. The average molecular weight is 785 g/mol. The molecule has 1 fully saturated rings. The van der Waals surface area contributed by atoms with Gasteiger partial charge in [0.05, 0.1) is 24.9 Å². The lowest BCUT2D eigenvalue weighted by atomic mass is 9.78. The molecule has 8 N–H and O–H groups in total. The number of hydrogen-bond donors (Lipinski definition) is 8. The number of amides is 1. The molecular formula is C39H38N5O13+. The van der Waals surface area contributed by atoms with Crippen LogP contribution in [0.25, 0.3) is 0 Å². The summed E-state index contributed by atoms with van der Waals surface area (Å²) in [7, 11) is 0. The van der Waals surface area contributed by atoms with E-state index in [2.05, 4.69) is 15.3 Å². The molecule has 0 aromatic heterocycles. The van der Waals surface area contributed by atoms with E-state index in [0.717, 1.165) is 0 Å². The summed E-state index contributed by atoms with van der Waals surface area (Å²) in [5.74, 6) is -3.32. The number of rotatable bonds is 8. The van der Waals surface area contributed by atoms with Crippen molar-refractivity contribution in [1.29, 1.82) is 5.41 Å². The van der Waals surface area contributed by atoms with Gasteiger partial charge in [0.1, 0.15) is 43.0 Å². The van der Waals surface area contributed by atoms with E-state index in [1.165, 1.54) is 24.3 Å². The Balaban J connectivity index is 1.37. The number of ketones is 2. The third kappa shape index (κ3) is 6.74. The Morgan fingerprint density at radius 1 is 1.00 bits per heavy atom. The van der Waals surface area contributed by atoms with Crippen molar-refractivity contribution in [3.63, 3.8) is 0 Å². The van der Waals surface area contributed by atoms with E-state index in [9.17, 15) is 44.7 Å². The van der Waals surface area contributed by atoms with Crippen molar-refractivity contribution >= 4 is 47.0 Å². The van der Waals surface area contributed by atoms with Gasteiger partial charge >= 0.3 is 0 Å². The molecule has 18 heteroatoms. The second-order valence-electron chi connectivity index (χ2n) is 14.2. The van der Waals surface area contributed by atoms with Crippen LogP contribution in [0.15, 0.2) is 58.5 Å². The molecule has 1 aliphatic carbocycles. The normalized spacial score (nSPS) is 27.3. The lowest BCUT2D eigenvalue weighted by Crippen LogP contribution is -3.09. The van der Waals surface area contributed by atoms with Gasteiger partial charge in [-0.15, -0.1) is 0 Å². The van der Waals surface area contributed by atoms with Gasteiger partial charge in [0.25, 0.3) is 11.7 Å². The monoisotopic (exact) mass is 784 g/mol. The summed E-state index contributed by atoms with van der Waals surface area (Å²) in [5, 5.41) is 63.9. The van der Waals surface area contributed by atoms with Crippen molar-refractivity contribution in [2.24, 2.45) is 9.98 Å². The number of ether oxygens (including phenoxy) is 4. The van der Waals surface area contributed by atoms with Crippen LogP contribution in [0.1, 0.15) is 67.3 Å². The number of guanidine groups is 1.